The van der Waals surface area contributed by atoms with Crippen molar-refractivity contribution in [1.29, 1.82) is 0 Å². The zero-order valence-corrected chi connectivity index (χ0v) is 11.9. The van der Waals surface area contributed by atoms with Gasteiger partial charge < -0.3 is 5.32 Å². The van der Waals surface area contributed by atoms with Crippen LogP contribution in [-0.2, 0) is 10.0 Å². The molecule has 1 fully saturated rings. The normalized spacial score (nSPS) is 20.4. The van der Waals surface area contributed by atoms with Crippen LogP contribution in [0.4, 0.5) is 14.5 Å². The van der Waals surface area contributed by atoms with Crippen LogP contribution in [-0.4, -0.2) is 43.3 Å². The maximum Gasteiger partial charge on any atom is 0.306 e. The second-order valence-corrected chi connectivity index (χ2v) is 6.62. The Balaban J connectivity index is 2.49. The highest BCUT2D eigenvalue weighted by Gasteiger charge is 2.33. The second kappa shape index (κ2) is 5.62. The summed E-state index contributed by atoms with van der Waals surface area (Å²) in [6.07, 6.45) is 0. The monoisotopic (exact) mass is 321 g/mol. The summed E-state index contributed by atoms with van der Waals surface area (Å²) in [4.78, 5) is 8.69. The lowest BCUT2D eigenvalue weighted by atomic mass is 10.3. The van der Waals surface area contributed by atoms with Gasteiger partial charge in [-0.1, -0.05) is 0 Å². The number of hydrogen-bond donors (Lipinski definition) is 1. The van der Waals surface area contributed by atoms with Gasteiger partial charge in [-0.25, -0.2) is 12.8 Å². The van der Waals surface area contributed by atoms with E-state index in [0.29, 0.717) is 12.6 Å². The number of rotatable bonds is 3. The van der Waals surface area contributed by atoms with Crippen molar-refractivity contribution in [1.82, 2.24) is 9.62 Å². The van der Waals surface area contributed by atoms with E-state index in [0.717, 1.165) is 4.31 Å². The number of hydrogen-bond acceptors (Lipinski definition) is 5. The summed E-state index contributed by atoms with van der Waals surface area (Å²) in [5.41, 5.74) is -1.07. The van der Waals surface area contributed by atoms with Crippen LogP contribution in [0, 0.1) is 21.7 Å². The van der Waals surface area contributed by atoms with E-state index in [2.05, 4.69) is 5.32 Å². The van der Waals surface area contributed by atoms with Gasteiger partial charge in [-0.2, -0.15) is 8.70 Å². The number of nitrogens with zero attached hydrogens (tertiary/aromatic N) is 2. The zero-order valence-electron chi connectivity index (χ0n) is 11.0. The molecule has 0 spiro atoms. The van der Waals surface area contributed by atoms with E-state index < -0.39 is 37.2 Å². The molecule has 1 aromatic carbocycles. The minimum Gasteiger partial charge on any atom is -0.312 e. The minimum atomic E-state index is -4.25. The van der Waals surface area contributed by atoms with Gasteiger partial charge in [0.05, 0.1) is 4.92 Å². The summed E-state index contributed by atoms with van der Waals surface area (Å²) in [5, 5.41) is 13.7. The third-order valence-electron chi connectivity index (χ3n) is 3.15. The van der Waals surface area contributed by atoms with Gasteiger partial charge in [0.1, 0.15) is 10.7 Å². The number of benzene rings is 1. The molecule has 0 radical (unpaired) electrons. The smallest absolute Gasteiger partial charge is 0.306 e. The van der Waals surface area contributed by atoms with Gasteiger partial charge in [-0.05, 0) is 6.92 Å². The first-order valence-electron chi connectivity index (χ1n) is 6.10. The van der Waals surface area contributed by atoms with Crippen LogP contribution in [0.1, 0.15) is 6.92 Å². The molecule has 0 unspecified atom stereocenters. The molecule has 116 valence electrons. The third-order valence-corrected chi connectivity index (χ3v) is 5.03. The van der Waals surface area contributed by atoms with E-state index in [4.69, 9.17) is 0 Å². The quantitative estimate of drug-likeness (QED) is 0.658. The summed E-state index contributed by atoms with van der Waals surface area (Å²) >= 11 is 0. The topological polar surface area (TPSA) is 92.5 Å². The highest BCUT2D eigenvalue weighted by atomic mass is 32.2. The number of sulfonamides is 1. The van der Waals surface area contributed by atoms with E-state index in [1.54, 1.807) is 6.92 Å². The van der Waals surface area contributed by atoms with Gasteiger partial charge in [-0.3, -0.25) is 10.1 Å². The average molecular weight is 321 g/mol. The fraction of sp³-hybridized carbons (Fsp3) is 0.455. The first-order chi connectivity index (χ1) is 9.73. The molecule has 1 atom stereocenters. The van der Waals surface area contributed by atoms with Crippen molar-refractivity contribution in [2.75, 3.05) is 19.6 Å². The van der Waals surface area contributed by atoms with E-state index in [1.807, 2.05) is 0 Å². The van der Waals surface area contributed by atoms with Crippen LogP contribution < -0.4 is 5.32 Å². The molecule has 0 aromatic heterocycles. The maximum atomic E-state index is 13.8. The lowest BCUT2D eigenvalue weighted by molar-refractivity contribution is -0.387. The van der Waals surface area contributed by atoms with Crippen LogP contribution in [0.25, 0.3) is 0 Å². The molecule has 0 bridgehead atoms. The number of nitro benzene ring substituents is 1. The highest BCUT2D eigenvalue weighted by Crippen LogP contribution is 2.27. The van der Waals surface area contributed by atoms with E-state index in [1.165, 1.54) is 0 Å². The molecular formula is C11H13F2N3O4S. The van der Waals surface area contributed by atoms with E-state index in [-0.39, 0.29) is 25.2 Å². The van der Waals surface area contributed by atoms with Gasteiger partial charge in [-0.15, -0.1) is 0 Å². The van der Waals surface area contributed by atoms with Gasteiger partial charge in [0.2, 0.25) is 15.8 Å². The number of nitrogens with one attached hydrogen (secondary N) is 1. The van der Waals surface area contributed by atoms with Crippen molar-refractivity contribution >= 4 is 15.7 Å². The van der Waals surface area contributed by atoms with E-state index in [9.17, 15) is 27.3 Å². The largest absolute Gasteiger partial charge is 0.312 e. The Labute approximate surface area is 119 Å². The predicted octanol–water partition coefficient (Wildman–Crippen LogP) is 0.855. The summed E-state index contributed by atoms with van der Waals surface area (Å²) in [5.74, 6) is -2.76. The van der Waals surface area contributed by atoms with Crippen molar-refractivity contribution in [3.63, 3.8) is 0 Å². The van der Waals surface area contributed by atoms with Gasteiger partial charge in [0.15, 0.2) is 0 Å². The lowest BCUT2D eigenvalue weighted by Gasteiger charge is -2.31. The predicted molar refractivity (Wildman–Crippen MR) is 69.2 cm³/mol. The second-order valence-electron chi connectivity index (χ2n) is 4.71. The molecule has 1 aliphatic rings. The van der Waals surface area contributed by atoms with E-state index >= 15 is 0 Å². The van der Waals surface area contributed by atoms with Crippen LogP contribution in [0.3, 0.4) is 0 Å². The molecule has 1 aliphatic heterocycles. The first-order valence-corrected chi connectivity index (χ1v) is 7.54. The molecule has 1 aromatic rings. The summed E-state index contributed by atoms with van der Waals surface area (Å²) in [6, 6.07) is 0.510. The fourth-order valence-electron chi connectivity index (χ4n) is 2.11. The molecule has 10 heteroatoms. The lowest BCUT2D eigenvalue weighted by Crippen LogP contribution is -2.51. The fourth-order valence-corrected chi connectivity index (χ4v) is 3.71. The molecule has 0 saturated carbocycles. The maximum absolute atomic E-state index is 13.8. The molecule has 7 nitrogen and oxygen atoms in total. The Bertz CT molecular complexity index is 680. The number of halogens is 2. The van der Waals surface area contributed by atoms with Crippen molar-refractivity contribution < 1.29 is 22.1 Å². The highest BCUT2D eigenvalue weighted by molar-refractivity contribution is 7.89. The molecule has 1 saturated heterocycles. The number of piperazine rings is 1. The zero-order chi connectivity index (χ0) is 15.8. The Hall–Kier alpha value is -1.65. The molecule has 0 aliphatic carbocycles. The van der Waals surface area contributed by atoms with Gasteiger partial charge in [0, 0.05) is 37.8 Å². The molecule has 0 amide bonds. The Morgan fingerprint density at radius 3 is 2.62 bits per heavy atom. The molecule has 2 rings (SSSR count). The first kappa shape index (κ1) is 15.7. The summed E-state index contributed by atoms with van der Waals surface area (Å²) in [6.45, 7) is 2.35. The van der Waals surface area contributed by atoms with Crippen LogP contribution in [0.15, 0.2) is 17.0 Å². The van der Waals surface area contributed by atoms with Crippen LogP contribution in [0.5, 0.6) is 0 Å². The Kier molecular flexibility index (Phi) is 4.21. The minimum absolute atomic E-state index is 0.104. The molecule has 21 heavy (non-hydrogen) atoms. The van der Waals surface area contributed by atoms with Crippen molar-refractivity contribution in [3.05, 3.63) is 33.9 Å². The SMILES string of the molecule is C[C@@H]1CN(S(=O)(=O)c2cc([N+](=O)[O-])c(F)cc2F)CCN1. The molecular weight excluding hydrogens is 308 g/mol. The Morgan fingerprint density at radius 1 is 1.38 bits per heavy atom. The summed E-state index contributed by atoms with van der Waals surface area (Å²) in [7, 11) is -4.25. The number of nitro groups is 1. The van der Waals surface area contributed by atoms with Crippen molar-refractivity contribution in [3.8, 4) is 0 Å². The summed E-state index contributed by atoms with van der Waals surface area (Å²) < 4.78 is 52.8. The van der Waals surface area contributed by atoms with Gasteiger partial charge >= 0.3 is 5.69 Å². The van der Waals surface area contributed by atoms with Crippen LogP contribution in [0.2, 0.25) is 0 Å². The van der Waals surface area contributed by atoms with Crippen molar-refractivity contribution in [2.45, 2.75) is 17.9 Å². The molecule has 1 N–H and O–H groups in total. The van der Waals surface area contributed by atoms with Crippen LogP contribution >= 0.6 is 0 Å². The molecule has 1 heterocycles. The Morgan fingerprint density at radius 2 is 2.05 bits per heavy atom. The third kappa shape index (κ3) is 3.01. The van der Waals surface area contributed by atoms with Crippen molar-refractivity contribution in [2.24, 2.45) is 0 Å². The van der Waals surface area contributed by atoms with Gasteiger partial charge in [0.25, 0.3) is 0 Å². The standard InChI is InChI=1S/C11H13F2N3O4S/c1-7-6-15(3-2-14-7)21(19,20)11-5-10(16(17)18)8(12)4-9(11)13/h4-5,7,14H,2-3,6H2,1H3/t7-/m1/s1. The average Bonchev–Trinajstić information content (AvgIpc) is 2.37.